The Hall–Kier alpha value is -4.06. The monoisotopic (exact) mass is 393 g/mol. The molecule has 1 N–H and O–H groups in total. The van der Waals surface area contributed by atoms with Gasteiger partial charge in [-0.05, 0) is 61.4 Å². The van der Waals surface area contributed by atoms with Gasteiger partial charge in [0.2, 0.25) is 0 Å². The second-order valence-electron chi connectivity index (χ2n) is 7.08. The number of aromatic nitrogens is 5. The molecule has 6 heteroatoms. The van der Waals surface area contributed by atoms with Crippen LogP contribution in [0.5, 0.6) is 11.5 Å². The lowest BCUT2D eigenvalue weighted by molar-refractivity contribution is 0.486. The fraction of sp³-hybridized carbons (Fsp3) is 0.0833. The molecule has 0 unspecified atom stereocenters. The van der Waals surface area contributed by atoms with Gasteiger partial charge in [-0.3, -0.25) is 15.1 Å². The van der Waals surface area contributed by atoms with Crippen molar-refractivity contribution in [1.82, 2.24) is 25.1 Å². The minimum Gasteiger partial charge on any atom is -0.454 e. The molecule has 146 valence electrons. The van der Waals surface area contributed by atoms with Crippen LogP contribution >= 0.6 is 0 Å². The molecular formula is C24H19N5O. The Balaban J connectivity index is 1.64. The van der Waals surface area contributed by atoms with E-state index in [1.165, 1.54) is 0 Å². The van der Waals surface area contributed by atoms with Crippen molar-refractivity contribution in [3.05, 3.63) is 84.6 Å². The highest BCUT2D eigenvalue weighted by molar-refractivity contribution is 5.89. The van der Waals surface area contributed by atoms with Gasteiger partial charge in [0.15, 0.2) is 5.75 Å². The van der Waals surface area contributed by atoms with Crippen LogP contribution in [0.25, 0.3) is 33.4 Å². The molecule has 0 saturated carbocycles. The summed E-state index contributed by atoms with van der Waals surface area (Å²) in [4.78, 5) is 13.7. The molecule has 0 bridgehead atoms. The topological polar surface area (TPSA) is 76.6 Å². The van der Waals surface area contributed by atoms with Crippen LogP contribution in [0.15, 0.2) is 73.3 Å². The van der Waals surface area contributed by atoms with Crippen LogP contribution in [-0.4, -0.2) is 25.1 Å². The van der Waals surface area contributed by atoms with Gasteiger partial charge in [-0.2, -0.15) is 5.10 Å². The number of nitrogens with zero attached hydrogens (tertiary/aromatic N) is 4. The highest BCUT2D eigenvalue weighted by Gasteiger charge is 2.15. The third-order valence-corrected chi connectivity index (χ3v) is 5.09. The summed E-state index contributed by atoms with van der Waals surface area (Å²) in [5, 5.41) is 7.82. The molecule has 6 nitrogen and oxygen atoms in total. The van der Waals surface area contributed by atoms with E-state index in [2.05, 4.69) is 26.2 Å². The number of nitrogens with one attached hydrogen (secondary N) is 1. The zero-order valence-corrected chi connectivity index (χ0v) is 16.6. The summed E-state index contributed by atoms with van der Waals surface area (Å²) in [5.74, 6) is 1.38. The number of hydrogen-bond donors (Lipinski definition) is 1. The van der Waals surface area contributed by atoms with E-state index in [1.54, 1.807) is 18.6 Å². The summed E-state index contributed by atoms with van der Waals surface area (Å²) in [7, 11) is 0. The van der Waals surface area contributed by atoms with Crippen LogP contribution < -0.4 is 4.74 Å². The van der Waals surface area contributed by atoms with E-state index in [9.17, 15) is 0 Å². The second-order valence-corrected chi connectivity index (χ2v) is 7.08. The SMILES string of the molecule is Cc1cc(Oc2ccnc3ccc(-c4cn[nH]c4)cc23)c(-c2ccccn2)nc1C. The molecule has 5 rings (SSSR count). The van der Waals surface area contributed by atoms with Crippen LogP contribution in [0.1, 0.15) is 11.3 Å². The maximum Gasteiger partial charge on any atom is 0.155 e. The van der Waals surface area contributed by atoms with E-state index >= 15 is 0 Å². The summed E-state index contributed by atoms with van der Waals surface area (Å²) in [6.45, 7) is 4.02. The van der Waals surface area contributed by atoms with Crippen molar-refractivity contribution in [2.24, 2.45) is 0 Å². The van der Waals surface area contributed by atoms with Gasteiger partial charge < -0.3 is 4.74 Å². The van der Waals surface area contributed by atoms with Crippen LogP contribution in [0.4, 0.5) is 0 Å². The molecule has 0 aliphatic carbocycles. The fourth-order valence-electron chi connectivity index (χ4n) is 3.36. The summed E-state index contributed by atoms with van der Waals surface area (Å²) >= 11 is 0. The number of pyridine rings is 3. The molecule has 30 heavy (non-hydrogen) atoms. The number of aromatic amines is 1. The number of rotatable bonds is 4. The quantitative estimate of drug-likeness (QED) is 0.437. The van der Waals surface area contributed by atoms with Gasteiger partial charge in [0.25, 0.3) is 0 Å². The van der Waals surface area contributed by atoms with Crippen molar-refractivity contribution in [2.45, 2.75) is 13.8 Å². The average Bonchev–Trinajstić information content (AvgIpc) is 3.32. The van der Waals surface area contributed by atoms with E-state index in [1.807, 2.05) is 62.5 Å². The van der Waals surface area contributed by atoms with Crippen molar-refractivity contribution >= 4 is 10.9 Å². The largest absolute Gasteiger partial charge is 0.454 e. The summed E-state index contributed by atoms with van der Waals surface area (Å²) in [5.41, 5.74) is 6.40. The van der Waals surface area contributed by atoms with Crippen LogP contribution in [0.3, 0.4) is 0 Å². The maximum atomic E-state index is 6.42. The third-order valence-electron chi connectivity index (χ3n) is 5.09. The van der Waals surface area contributed by atoms with Gasteiger partial charge in [-0.1, -0.05) is 12.1 Å². The van der Waals surface area contributed by atoms with Crippen molar-refractivity contribution < 1.29 is 4.74 Å². The lowest BCUT2D eigenvalue weighted by atomic mass is 10.1. The van der Waals surface area contributed by atoms with Crippen LogP contribution in [-0.2, 0) is 0 Å². The second kappa shape index (κ2) is 7.40. The Bertz CT molecular complexity index is 1330. The van der Waals surface area contributed by atoms with Gasteiger partial charge in [0, 0.05) is 35.2 Å². The van der Waals surface area contributed by atoms with Crippen molar-refractivity contribution in [3.63, 3.8) is 0 Å². The molecular weight excluding hydrogens is 374 g/mol. The van der Waals surface area contributed by atoms with E-state index in [0.717, 1.165) is 44.7 Å². The lowest BCUT2D eigenvalue weighted by Gasteiger charge is -2.14. The molecule has 0 atom stereocenters. The van der Waals surface area contributed by atoms with E-state index < -0.39 is 0 Å². The van der Waals surface area contributed by atoms with Crippen molar-refractivity contribution in [3.8, 4) is 34.0 Å². The number of benzene rings is 1. The standard InChI is InChI=1S/C24H19N5O/c1-15-11-23(24(29-16(15)2)21-5-3-4-9-25-21)30-22-8-10-26-20-7-6-17(12-19(20)22)18-13-27-28-14-18/h3-14H,1-2H3,(H,27,28). The number of hydrogen-bond acceptors (Lipinski definition) is 5. The predicted octanol–water partition coefficient (Wildman–Crippen LogP) is 5.49. The number of aryl methyl sites for hydroxylation is 2. The Kier molecular flexibility index (Phi) is 4.44. The maximum absolute atomic E-state index is 6.42. The van der Waals surface area contributed by atoms with E-state index in [-0.39, 0.29) is 0 Å². The van der Waals surface area contributed by atoms with Gasteiger partial charge in [-0.25, -0.2) is 4.98 Å². The van der Waals surface area contributed by atoms with E-state index in [0.29, 0.717) is 11.5 Å². The van der Waals surface area contributed by atoms with Gasteiger partial charge in [0.05, 0.1) is 17.4 Å². The number of H-pyrrole nitrogens is 1. The van der Waals surface area contributed by atoms with E-state index in [4.69, 9.17) is 9.72 Å². The smallest absolute Gasteiger partial charge is 0.155 e. The zero-order valence-electron chi connectivity index (χ0n) is 16.6. The van der Waals surface area contributed by atoms with Crippen LogP contribution in [0.2, 0.25) is 0 Å². The van der Waals surface area contributed by atoms with Gasteiger partial charge in [-0.15, -0.1) is 0 Å². The molecule has 0 spiro atoms. The van der Waals surface area contributed by atoms with Crippen LogP contribution in [0, 0.1) is 13.8 Å². The molecule has 0 amide bonds. The molecule has 0 saturated heterocycles. The van der Waals surface area contributed by atoms with Gasteiger partial charge >= 0.3 is 0 Å². The third kappa shape index (κ3) is 3.28. The molecule has 0 radical (unpaired) electrons. The first-order valence-corrected chi connectivity index (χ1v) is 9.64. The lowest BCUT2D eigenvalue weighted by Crippen LogP contribution is -1.98. The summed E-state index contributed by atoms with van der Waals surface area (Å²) < 4.78 is 6.42. The first kappa shape index (κ1) is 18.0. The molecule has 4 aromatic heterocycles. The summed E-state index contributed by atoms with van der Waals surface area (Å²) in [6, 6.07) is 15.7. The normalized spacial score (nSPS) is 11.0. The Morgan fingerprint density at radius 2 is 1.80 bits per heavy atom. The summed E-state index contributed by atoms with van der Waals surface area (Å²) in [6.07, 6.45) is 7.17. The van der Waals surface area contributed by atoms with Gasteiger partial charge in [0.1, 0.15) is 11.4 Å². The minimum absolute atomic E-state index is 0.665. The highest BCUT2D eigenvalue weighted by Crippen LogP contribution is 2.36. The number of ether oxygens (including phenoxy) is 1. The molecule has 0 aliphatic heterocycles. The first-order valence-electron chi connectivity index (χ1n) is 9.64. The predicted molar refractivity (Wildman–Crippen MR) is 116 cm³/mol. The van der Waals surface area contributed by atoms with Crippen molar-refractivity contribution in [2.75, 3.05) is 0 Å². The zero-order chi connectivity index (χ0) is 20.5. The minimum atomic E-state index is 0.665. The molecule has 5 aromatic rings. The molecule has 0 aliphatic rings. The van der Waals surface area contributed by atoms with Crippen molar-refractivity contribution in [1.29, 1.82) is 0 Å². The average molecular weight is 393 g/mol. The Morgan fingerprint density at radius 1 is 0.867 bits per heavy atom. The highest BCUT2D eigenvalue weighted by atomic mass is 16.5. The molecule has 1 aromatic carbocycles. The Labute approximate surface area is 173 Å². The Morgan fingerprint density at radius 3 is 2.60 bits per heavy atom. The fourth-order valence-corrected chi connectivity index (χ4v) is 3.36. The number of fused-ring (bicyclic) bond motifs is 1. The molecule has 4 heterocycles. The molecule has 0 fully saturated rings. The first-order chi connectivity index (χ1) is 14.7.